The zero-order valence-corrected chi connectivity index (χ0v) is 8.37. The minimum Gasteiger partial charge on any atom is -0.473 e. The zero-order valence-electron chi connectivity index (χ0n) is 8.37. The molecule has 0 spiro atoms. The van der Waals surface area contributed by atoms with E-state index < -0.39 is 0 Å². The van der Waals surface area contributed by atoms with Crippen LogP contribution in [0.5, 0.6) is 5.88 Å². The van der Waals surface area contributed by atoms with Crippen LogP contribution in [0.4, 0.5) is 5.69 Å². The summed E-state index contributed by atoms with van der Waals surface area (Å²) in [6.07, 6.45) is 1.12. The first-order valence-electron chi connectivity index (χ1n) is 4.53. The fraction of sp³-hybridized carbons (Fsp3) is 0.500. The Bertz CT molecular complexity index is 286. The van der Waals surface area contributed by atoms with Gasteiger partial charge in [-0.3, -0.25) is 0 Å². The maximum Gasteiger partial charge on any atom is 0.237 e. The van der Waals surface area contributed by atoms with Crippen molar-refractivity contribution in [2.24, 2.45) is 0 Å². The van der Waals surface area contributed by atoms with Crippen LogP contribution in [0, 0.1) is 6.92 Å². The van der Waals surface area contributed by atoms with Gasteiger partial charge in [-0.05, 0) is 32.4 Å². The summed E-state index contributed by atoms with van der Waals surface area (Å²) in [6.45, 7) is 5.99. The van der Waals surface area contributed by atoms with Gasteiger partial charge in [0.1, 0.15) is 0 Å². The fourth-order valence-corrected chi connectivity index (χ4v) is 0.912. The van der Waals surface area contributed by atoms with Crippen LogP contribution in [-0.2, 0) is 0 Å². The summed E-state index contributed by atoms with van der Waals surface area (Å²) in [5.74, 6) is 0.550. The van der Waals surface area contributed by atoms with E-state index in [9.17, 15) is 0 Å². The Hall–Kier alpha value is -1.25. The molecular weight excluding hydrogens is 164 g/mol. The van der Waals surface area contributed by atoms with E-state index in [1.54, 1.807) is 0 Å². The molecule has 0 bridgehead atoms. The second kappa shape index (κ2) is 4.12. The number of pyridine rings is 1. The first kappa shape index (κ1) is 9.84. The molecule has 0 aromatic carbocycles. The van der Waals surface area contributed by atoms with Crippen molar-refractivity contribution in [3.05, 3.63) is 17.8 Å². The van der Waals surface area contributed by atoms with Crippen molar-refractivity contribution < 1.29 is 4.74 Å². The number of aromatic nitrogens is 1. The molecule has 1 unspecified atom stereocenters. The summed E-state index contributed by atoms with van der Waals surface area (Å²) in [4.78, 5) is 4.21. The maximum atomic E-state index is 5.70. The highest BCUT2D eigenvalue weighted by atomic mass is 16.5. The monoisotopic (exact) mass is 180 g/mol. The Labute approximate surface area is 78.9 Å². The number of nitrogens with two attached hydrogens (primary N) is 1. The SMILES string of the molecule is CCC(C)Oc1nc(C)ccc1N. The predicted octanol–water partition coefficient (Wildman–Crippen LogP) is 2.15. The molecule has 3 nitrogen and oxygen atoms in total. The average molecular weight is 180 g/mol. The molecule has 0 saturated carbocycles. The highest BCUT2D eigenvalue weighted by Gasteiger charge is 2.06. The van der Waals surface area contributed by atoms with Gasteiger partial charge in [0.25, 0.3) is 0 Å². The zero-order chi connectivity index (χ0) is 9.84. The Morgan fingerprint density at radius 1 is 1.54 bits per heavy atom. The molecule has 1 heterocycles. The molecule has 0 aliphatic rings. The predicted molar refractivity (Wildman–Crippen MR) is 53.8 cm³/mol. The lowest BCUT2D eigenvalue weighted by Crippen LogP contribution is -2.12. The van der Waals surface area contributed by atoms with Crippen molar-refractivity contribution in [3.63, 3.8) is 0 Å². The number of rotatable bonds is 3. The van der Waals surface area contributed by atoms with Crippen LogP contribution in [0.15, 0.2) is 12.1 Å². The molecule has 1 rings (SSSR count). The maximum absolute atomic E-state index is 5.70. The highest BCUT2D eigenvalue weighted by molar-refractivity contribution is 5.48. The first-order valence-corrected chi connectivity index (χ1v) is 4.53. The largest absolute Gasteiger partial charge is 0.473 e. The van der Waals surface area contributed by atoms with Crippen LogP contribution < -0.4 is 10.5 Å². The fourth-order valence-electron chi connectivity index (χ4n) is 0.912. The Morgan fingerprint density at radius 2 is 2.23 bits per heavy atom. The standard InChI is InChI=1S/C10H16N2O/c1-4-8(3)13-10-9(11)6-5-7(2)12-10/h5-6,8H,4,11H2,1-3H3. The van der Waals surface area contributed by atoms with E-state index in [-0.39, 0.29) is 6.10 Å². The van der Waals surface area contributed by atoms with Crippen LogP contribution in [0.2, 0.25) is 0 Å². The number of nitrogen functional groups attached to an aromatic ring is 1. The lowest BCUT2D eigenvalue weighted by molar-refractivity contribution is 0.210. The molecule has 1 atom stereocenters. The minimum atomic E-state index is 0.164. The van der Waals surface area contributed by atoms with Crippen molar-refractivity contribution in [2.45, 2.75) is 33.3 Å². The summed E-state index contributed by atoms with van der Waals surface area (Å²) in [7, 11) is 0. The van der Waals surface area contributed by atoms with Crippen LogP contribution in [0.3, 0.4) is 0 Å². The van der Waals surface area contributed by atoms with Crippen molar-refractivity contribution in [1.29, 1.82) is 0 Å². The van der Waals surface area contributed by atoms with Crippen LogP contribution in [-0.4, -0.2) is 11.1 Å². The van der Waals surface area contributed by atoms with E-state index in [1.165, 1.54) is 0 Å². The van der Waals surface area contributed by atoms with Gasteiger partial charge in [-0.1, -0.05) is 6.92 Å². The normalized spacial score (nSPS) is 12.5. The Morgan fingerprint density at radius 3 is 2.85 bits per heavy atom. The third-order valence-corrected chi connectivity index (χ3v) is 1.92. The third-order valence-electron chi connectivity index (χ3n) is 1.92. The van der Waals surface area contributed by atoms with Crippen LogP contribution in [0.1, 0.15) is 26.0 Å². The lowest BCUT2D eigenvalue weighted by Gasteiger charge is -2.13. The second-order valence-corrected chi connectivity index (χ2v) is 3.18. The molecule has 0 saturated heterocycles. The minimum absolute atomic E-state index is 0.164. The number of ether oxygens (including phenoxy) is 1. The molecule has 2 N–H and O–H groups in total. The van der Waals surface area contributed by atoms with Gasteiger partial charge in [-0.15, -0.1) is 0 Å². The van der Waals surface area contributed by atoms with Gasteiger partial charge in [-0.2, -0.15) is 0 Å². The Balaban J connectivity index is 2.81. The summed E-state index contributed by atoms with van der Waals surface area (Å²) in [5, 5.41) is 0. The number of hydrogen-bond acceptors (Lipinski definition) is 3. The quantitative estimate of drug-likeness (QED) is 0.775. The van der Waals surface area contributed by atoms with Crippen molar-refractivity contribution >= 4 is 5.69 Å². The van der Waals surface area contributed by atoms with Crippen molar-refractivity contribution in [1.82, 2.24) is 4.98 Å². The number of aryl methyl sites for hydroxylation is 1. The van der Waals surface area contributed by atoms with E-state index >= 15 is 0 Å². The molecule has 0 fully saturated rings. The molecule has 13 heavy (non-hydrogen) atoms. The van der Waals surface area contributed by atoms with Crippen molar-refractivity contribution in [3.8, 4) is 5.88 Å². The summed E-state index contributed by atoms with van der Waals surface area (Å²) in [6, 6.07) is 3.69. The van der Waals surface area contributed by atoms with E-state index in [4.69, 9.17) is 10.5 Å². The molecule has 0 amide bonds. The molecule has 1 aromatic heterocycles. The van der Waals surface area contributed by atoms with Crippen molar-refractivity contribution in [2.75, 3.05) is 5.73 Å². The molecule has 0 radical (unpaired) electrons. The molecule has 3 heteroatoms. The molecular formula is C10H16N2O. The molecule has 72 valence electrons. The van der Waals surface area contributed by atoms with E-state index in [0.717, 1.165) is 12.1 Å². The molecule has 0 aliphatic carbocycles. The van der Waals surface area contributed by atoms with Gasteiger partial charge in [-0.25, -0.2) is 4.98 Å². The van der Waals surface area contributed by atoms with Gasteiger partial charge in [0, 0.05) is 5.69 Å². The third kappa shape index (κ3) is 2.61. The smallest absolute Gasteiger partial charge is 0.237 e. The first-order chi connectivity index (χ1) is 6.13. The van der Waals surface area contributed by atoms with Gasteiger partial charge in [0.05, 0.1) is 11.8 Å². The second-order valence-electron chi connectivity index (χ2n) is 3.18. The van der Waals surface area contributed by atoms with Gasteiger partial charge in [0.2, 0.25) is 5.88 Å². The lowest BCUT2D eigenvalue weighted by atomic mass is 10.3. The van der Waals surface area contributed by atoms with Gasteiger partial charge in [0.15, 0.2) is 0 Å². The van der Waals surface area contributed by atoms with Crippen LogP contribution >= 0.6 is 0 Å². The number of anilines is 1. The van der Waals surface area contributed by atoms with Crippen LogP contribution in [0.25, 0.3) is 0 Å². The van der Waals surface area contributed by atoms with Gasteiger partial charge < -0.3 is 10.5 Å². The number of hydrogen-bond donors (Lipinski definition) is 1. The van der Waals surface area contributed by atoms with E-state index in [0.29, 0.717) is 11.6 Å². The summed E-state index contributed by atoms with van der Waals surface area (Å²) in [5.41, 5.74) is 7.23. The summed E-state index contributed by atoms with van der Waals surface area (Å²) < 4.78 is 5.54. The number of nitrogens with zero attached hydrogens (tertiary/aromatic N) is 1. The highest BCUT2D eigenvalue weighted by Crippen LogP contribution is 2.19. The molecule has 0 aliphatic heterocycles. The average Bonchev–Trinajstić information content (AvgIpc) is 2.11. The van der Waals surface area contributed by atoms with E-state index in [1.807, 2.05) is 26.0 Å². The topological polar surface area (TPSA) is 48.1 Å². The molecule has 1 aromatic rings. The van der Waals surface area contributed by atoms with Gasteiger partial charge >= 0.3 is 0 Å². The summed E-state index contributed by atoms with van der Waals surface area (Å²) >= 11 is 0. The van der Waals surface area contributed by atoms with E-state index in [2.05, 4.69) is 11.9 Å². The Kier molecular flexibility index (Phi) is 3.12.